The second kappa shape index (κ2) is 6.15. The quantitative estimate of drug-likeness (QED) is 0.366. The van der Waals surface area contributed by atoms with E-state index in [9.17, 15) is 8.42 Å². The number of nitrogens with zero attached hydrogens (tertiary/aromatic N) is 1. The summed E-state index contributed by atoms with van der Waals surface area (Å²) < 4.78 is 27.4. The second-order valence-electron chi connectivity index (χ2n) is 3.24. The molecule has 1 aromatic heterocycles. The van der Waals surface area contributed by atoms with Gasteiger partial charge in [0.25, 0.3) is 0 Å². The summed E-state index contributed by atoms with van der Waals surface area (Å²) in [6, 6.07) is 1.49. The summed E-state index contributed by atoms with van der Waals surface area (Å²) in [5.41, 5.74) is 1.15. The van der Waals surface area contributed by atoms with Crippen LogP contribution in [0, 0.1) is 6.92 Å². The summed E-state index contributed by atoms with van der Waals surface area (Å²) in [4.78, 5) is 7.85. The normalized spacial score (nSPS) is 11.5. The van der Waals surface area contributed by atoms with Gasteiger partial charge in [0.1, 0.15) is 6.61 Å². The Kier molecular flexibility index (Phi) is 5.13. The van der Waals surface area contributed by atoms with Crippen LogP contribution >= 0.6 is 11.6 Å². The molecule has 0 fully saturated rings. The van der Waals surface area contributed by atoms with Crippen LogP contribution in [0.3, 0.4) is 0 Å². The minimum absolute atomic E-state index is 0.0365. The van der Waals surface area contributed by atoms with E-state index >= 15 is 0 Å². The molecule has 17 heavy (non-hydrogen) atoms. The Balaban J connectivity index is 2.84. The van der Waals surface area contributed by atoms with Crippen LogP contribution < -0.4 is 4.18 Å². The molecule has 0 amide bonds. The van der Waals surface area contributed by atoms with Crippen molar-refractivity contribution in [3.8, 4) is 5.75 Å². The van der Waals surface area contributed by atoms with E-state index in [2.05, 4.69) is 9.87 Å². The zero-order valence-electron chi connectivity index (χ0n) is 9.09. The van der Waals surface area contributed by atoms with E-state index in [-0.39, 0.29) is 24.0 Å². The molecule has 0 saturated carbocycles. The third-order valence-corrected chi connectivity index (χ3v) is 3.48. The highest BCUT2D eigenvalue weighted by molar-refractivity contribution is 7.87. The third-order valence-electron chi connectivity index (χ3n) is 1.91. The van der Waals surface area contributed by atoms with E-state index in [1.165, 1.54) is 12.3 Å². The second-order valence-corrected chi connectivity index (χ2v) is 5.31. The van der Waals surface area contributed by atoms with Crippen LogP contribution in [0.4, 0.5) is 0 Å². The summed E-state index contributed by atoms with van der Waals surface area (Å²) in [5, 5.41) is 8.29. The van der Waals surface area contributed by atoms with Gasteiger partial charge in [0.2, 0.25) is 0 Å². The molecule has 1 N–H and O–H groups in total. The first-order valence-electron chi connectivity index (χ1n) is 4.68. The van der Waals surface area contributed by atoms with E-state index in [1.807, 2.05) is 0 Å². The molecular weight excluding hydrogens is 270 g/mol. The number of hydrogen-bond donors (Lipinski definition) is 1. The van der Waals surface area contributed by atoms with Crippen LogP contribution in [0.1, 0.15) is 11.3 Å². The van der Waals surface area contributed by atoms with Crippen molar-refractivity contribution >= 4 is 21.7 Å². The van der Waals surface area contributed by atoms with Crippen LogP contribution in [0.2, 0.25) is 0 Å². The summed E-state index contributed by atoms with van der Waals surface area (Å²) in [5.74, 6) is -0.199. The van der Waals surface area contributed by atoms with Gasteiger partial charge >= 0.3 is 10.1 Å². The Bertz CT molecular complexity index is 476. The molecule has 0 saturated heterocycles. The van der Waals surface area contributed by atoms with Crippen LogP contribution in [0.5, 0.6) is 5.75 Å². The number of halogens is 1. The molecule has 6 nitrogen and oxygen atoms in total. The highest BCUT2D eigenvalue weighted by Gasteiger charge is 2.13. The molecule has 0 radical (unpaired) electrons. The van der Waals surface area contributed by atoms with Gasteiger partial charge in [-0.3, -0.25) is 10.2 Å². The van der Waals surface area contributed by atoms with Crippen LogP contribution in [-0.2, 0) is 21.6 Å². The first-order chi connectivity index (χ1) is 7.98. The first kappa shape index (κ1) is 14.2. The number of pyridine rings is 1. The predicted molar refractivity (Wildman–Crippen MR) is 61.5 cm³/mol. The Hall–Kier alpha value is -0.890. The molecular formula is C9H12ClNO5S. The highest BCUT2D eigenvalue weighted by atomic mass is 35.5. The van der Waals surface area contributed by atoms with Gasteiger partial charge in [0, 0.05) is 5.88 Å². The topological polar surface area (TPSA) is 85.7 Å². The molecule has 0 bridgehead atoms. The van der Waals surface area contributed by atoms with Gasteiger partial charge in [0.15, 0.2) is 5.75 Å². The van der Waals surface area contributed by atoms with Crippen molar-refractivity contribution in [1.29, 1.82) is 0 Å². The van der Waals surface area contributed by atoms with E-state index in [4.69, 9.17) is 21.0 Å². The Morgan fingerprint density at radius 3 is 2.76 bits per heavy atom. The Labute approximate surface area is 104 Å². The summed E-state index contributed by atoms with van der Waals surface area (Å²) in [6.07, 6.45) is 1.24. The fourth-order valence-electron chi connectivity index (χ4n) is 1.12. The highest BCUT2D eigenvalue weighted by Crippen LogP contribution is 2.17. The lowest BCUT2D eigenvalue weighted by molar-refractivity contribution is -0.253. The van der Waals surface area contributed by atoms with Crippen molar-refractivity contribution in [3.05, 3.63) is 23.5 Å². The van der Waals surface area contributed by atoms with Crippen molar-refractivity contribution in [3.63, 3.8) is 0 Å². The van der Waals surface area contributed by atoms with Crippen molar-refractivity contribution in [2.45, 2.75) is 13.5 Å². The maximum atomic E-state index is 11.3. The van der Waals surface area contributed by atoms with Crippen molar-refractivity contribution in [2.24, 2.45) is 0 Å². The summed E-state index contributed by atoms with van der Waals surface area (Å²) in [6.45, 7) is 1.63. The summed E-state index contributed by atoms with van der Waals surface area (Å²) in [7, 11) is -3.68. The minimum atomic E-state index is -3.68. The Morgan fingerprint density at radius 1 is 1.53 bits per heavy atom. The standard InChI is InChI=1S/C9H12ClNO5S/c1-7-4-8(5-11-9(7)6-15-12)16-17(13,14)3-2-10/h4-5,12H,2-3,6H2,1H3. The SMILES string of the molecule is Cc1cc(OS(=O)(=O)CCCl)cnc1COO. The molecule has 8 heteroatoms. The van der Waals surface area contributed by atoms with Gasteiger partial charge in [-0.15, -0.1) is 11.6 Å². The zero-order valence-corrected chi connectivity index (χ0v) is 10.7. The number of aryl methyl sites for hydroxylation is 1. The lowest BCUT2D eigenvalue weighted by atomic mass is 10.2. The zero-order chi connectivity index (χ0) is 12.9. The lowest BCUT2D eigenvalue weighted by Gasteiger charge is -2.07. The average Bonchev–Trinajstić information content (AvgIpc) is 2.21. The van der Waals surface area contributed by atoms with Gasteiger partial charge in [-0.05, 0) is 18.6 Å². The number of rotatable bonds is 6. The largest absolute Gasteiger partial charge is 0.381 e. The molecule has 0 spiro atoms. The van der Waals surface area contributed by atoms with Crippen LogP contribution in [0.25, 0.3) is 0 Å². The molecule has 0 aliphatic rings. The lowest BCUT2D eigenvalue weighted by Crippen LogP contribution is -2.15. The fourth-order valence-corrected chi connectivity index (χ4v) is 2.34. The molecule has 0 aliphatic carbocycles. The number of hydrogen-bond acceptors (Lipinski definition) is 6. The van der Waals surface area contributed by atoms with E-state index in [0.717, 1.165) is 0 Å². The molecule has 0 aromatic carbocycles. The molecule has 1 aromatic rings. The maximum absolute atomic E-state index is 11.3. The van der Waals surface area contributed by atoms with Crippen LogP contribution in [0.15, 0.2) is 12.3 Å². The third kappa shape index (κ3) is 4.47. The van der Waals surface area contributed by atoms with Gasteiger partial charge < -0.3 is 4.18 Å². The number of alkyl halides is 1. The smallest absolute Gasteiger partial charge is 0.310 e. The van der Waals surface area contributed by atoms with Crippen molar-refractivity contribution < 1.29 is 22.7 Å². The predicted octanol–water partition coefficient (Wildman–Crippen LogP) is 1.33. The molecule has 1 rings (SSSR count). The van der Waals surface area contributed by atoms with Gasteiger partial charge in [0.05, 0.1) is 17.6 Å². The average molecular weight is 282 g/mol. The monoisotopic (exact) mass is 281 g/mol. The van der Waals surface area contributed by atoms with Crippen LogP contribution in [-0.4, -0.2) is 30.3 Å². The minimum Gasteiger partial charge on any atom is -0.381 e. The van der Waals surface area contributed by atoms with E-state index < -0.39 is 10.1 Å². The van der Waals surface area contributed by atoms with Crippen molar-refractivity contribution in [1.82, 2.24) is 4.98 Å². The van der Waals surface area contributed by atoms with Gasteiger partial charge in [-0.2, -0.15) is 8.42 Å². The molecule has 0 unspecified atom stereocenters. The molecule has 0 atom stereocenters. The fraction of sp³-hybridized carbons (Fsp3) is 0.444. The van der Waals surface area contributed by atoms with Crippen molar-refractivity contribution in [2.75, 3.05) is 11.6 Å². The number of aromatic nitrogens is 1. The van der Waals surface area contributed by atoms with Gasteiger partial charge in [-0.25, -0.2) is 4.89 Å². The molecule has 0 aliphatic heterocycles. The first-order valence-corrected chi connectivity index (χ1v) is 6.79. The molecule has 1 heterocycles. The maximum Gasteiger partial charge on any atom is 0.310 e. The summed E-state index contributed by atoms with van der Waals surface area (Å²) >= 11 is 5.33. The molecule has 96 valence electrons. The van der Waals surface area contributed by atoms with Gasteiger partial charge in [-0.1, -0.05) is 0 Å². The van der Waals surface area contributed by atoms with E-state index in [0.29, 0.717) is 11.3 Å². The Morgan fingerprint density at radius 2 is 2.24 bits per heavy atom. The van der Waals surface area contributed by atoms with E-state index in [1.54, 1.807) is 6.92 Å².